The van der Waals surface area contributed by atoms with Crippen molar-refractivity contribution in [2.45, 2.75) is 66.1 Å². The molecule has 0 aliphatic carbocycles. The normalized spacial score (nSPS) is 12.7. The van der Waals surface area contributed by atoms with E-state index in [0.29, 0.717) is 23.7 Å². The molecule has 0 aromatic heterocycles. The highest BCUT2D eigenvalue weighted by molar-refractivity contribution is 6.30. The van der Waals surface area contributed by atoms with Gasteiger partial charge in [-0.25, -0.2) is 0 Å². The highest BCUT2D eigenvalue weighted by Crippen LogP contribution is 2.20. The van der Waals surface area contributed by atoms with E-state index in [9.17, 15) is 9.59 Å². The summed E-state index contributed by atoms with van der Waals surface area (Å²) < 4.78 is 5.85. The molecule has 2 atom stereocenters. The molecule has 0 unspecified atom stereocenters. The van der Waals surface area contributed by atoms with E-state index in [0.717, 1.165) is 23.1 Å². The molecular formula is C25H33ClN2O3. The van der Waals surface area contributed by atoms with Crippen LogP contribution in [-0.2, 0) is 16.1 Å². The van der Waals surface area contributed by atoms with E-state index < -0.39 is 6.04 Å². The van der Waals surface area contributed by atoms with Crippen LogP contribution >= 0.6 is 11.6 Å². The highest BCUT2D eigenvalue weighted by atomic mass is 35.5. The van der Waals surface area contributed by atoms with Crippen molar-refractivity contribution in [2.75, 3.05) is 6.61 Å². The predicted octanol–water partition coefficient (Wildman–Crippen LogP) is 5.06. The van der Waals surface area contributed by atoms with Gasteiger partial charge in [0, 0.05) is 17.6 Å². The van der Waals surface area contributed by atoms with Crippen LogP contribution in [-0.4, -0.2) is 35.4 Å². The molecule has 6 heteroatoms. The minimum Gasteiger partial charge on any atom is -0.483 e. The molecule has 2 amide bonds. The number of amides is 2. The van der Waals surface area contributed by atoms with Crippen molar-refractivity contribution in [3.8, 4) is 5.75 Å². The number of carbonyl (C=O) groups is 2. The quantitative estimate of drug-likeness (QED) is 0.557. The van der Waals surface area contributed by atoms with Gasteiger partial charge in [-0.2, -0.15) is 0 Å². The lowest BCUT2D eigenvalue weighted by Crippen LogP contribution is -2.51. The van der Waals surface area contributed by atoms with Crippen LogP contribution < -0.4 is 10.1 Å². The second-order valence-corrected chi connectivity index (χ2v) is 8.38. The molecule has 2 rings (SSSR count). The Labute approximate surface area is 190 Å². The first-order valence-corrected chi connectivity index (χ1v) is 11.2. The molecule has 0 saturated carbocycles. The van der Waals surface area contributed by atoms with Crippen molar-refractivity contribution in [3.63, 3.8) is 0 Å². The number of halogens is 1. The van der Waals surface area contributed by atoms with Gasteiger partial charge in [-0.15, -0.1) is 0 Å². The average Bonchev–Trinajstić information content (AvgIpc) is 2.75. The second kappa shape index (κ2) is 11.8. The molecule has 0 aliphatic heterocycles. The third-order valence-corrected chi connectivity index (χ3v) is 5.60. The van der Waals surface area contributed by atoms with Crippen LogP contribution in [0.25, 0.3) is 0 Å². The van der Waals surface area contributed by atoms with Crippen molar-refractivity contribution in [2.24, 2.45) is 0 Å². The van der Waals surface area contributed by atoms with Gasteiger partial charge in [0.25, 0.3) is 5.91 Å². The van der Waals surface area contributed by atoms with E-state index in [4.69, 9.17) is 16.3 Å². The highest BCUT2D eigenvalue weighted by Gasteiger charge is 2.29. The Morgan fingerprint density at radius 2 is 1.74 bits per heavy atom. The van der Waals surface area contributed by atoms with Gasteiger partial charge >= 0.3 is 0 Å². The van der Waals surface area contributed by atoms with Crippen LogP contribution in [0.3, 0.4) is 0 Å². The number of nitrogens with zero attached hydrogens (tertiary/aromatic N) is 1. The van der Waals surface area contributed by atoms with Gasteiger partial charge < -0.3 is 15.0 Å². The Bertz CT molecular complexity index is 883. The molecular weight excluding hydrogens is 412 g/mol. The van der Waals surface area contributed by atoms with Gasteiger partial charge in [0.15, 0.2) is 6.61 Å². The van der Waals surface area contributed by atoms with E-state index in [1.165, 1.54) is 0 Å². The van der Waals surface area contributed by atoms with Crippen LogP contribution in [0, 0.1) is 13.8 Å². The standard InChI is InChI=1S/C25H33ClN2O3/c1-6-19(5)27-25(30)22(7-2)28(15-20-10-12-21(26)13-11-20)24(29)16-31-23-14-17(3)8-9-18(23)4/h8-14,19,22H,6-7,15-16H2,1-5H3,(H,27,30)/t19-,22-/m1/s1. The maximum atomic E-state index is 13.2. The largest absolute Gasteiger partial charge is 0.483 e. The van der Waals surface area contributed by atoms with E-state index in [-0.39, 0.29) is 24.5 Å². The summed E-state index contributed by atoms with van der Waals surface area (Å²) in [5, 5.41) is 3.63. The topological polar surface area (TPSA) is 58.6 Å². The Hall–Kier alpha value is -2.53. The minimum atomic E-state index is -0.584. The molecule has 168 valence electrons. The van der Waals surface area contributed by atoms with E-state index in [1.807, 2.05) is 65.0 Å². The van der Waals surface area contributed by atoms with Gasteiger partial charge in [0.1, 0.15) is 11.8 Å². The third-order valence-electron chi connectivity index (χ3n) is 5.35. The van der Waals surface area contributed by atoms with Crippen LogP contribution in [0.5, 0.6) is 5.75 Å². The number of hydrogen-bond donors (Lipinski definition) is 1. The summed E-state index contributed by atoms with van der Waals surface area (Å²) in [5.74, 6) is 0.296. The van der Waals surface area contributed by atoms with Crippen molar-refractivity contribution in [3.05, 3.63) is 64.2 Å². The molecule has 0 aliphatic rings. The molecule has 2 aromatic carbocycles. The molecule has 1 N–H and O–H groups in total. The summed E-state index contributed by atoms with van der Waals surface area (Å²) in [4.78, 5) is 27.8. The Morgan fingerprint density at radius 1 is 1.06 bits per heavy atom. The summed E-state index contributed by atoms with van der Waals surface area (Å²) in [6.07, 6.45) is 1.33. The zero-order valence-corrected chi connectivity index (χ0v) is 19.8. The smallest absolute Gasteiger partial charge is 0.261 e. The number of carbonyl (C=O) groups excluding carboxylic acids is 2. The fourth-order valence-corrected chi connectivity index (χ4v) is 3.36. The van der Waals surface area contributed by atoms with Crippen LogP contribution in [0.1, 0.15) is 50.3 Å². The first-order chi connectivity index (χ1) is 14.7. The number of benzene rings is 2. The molecule has 2 aromatic rings. The lowest BCUT2D eigenvalue weighted by molar-refractivity contribution is -0.143. The van der Waals surface area contributed by atoms with E-state index in [1.54, 1.807) is 17.0 Å². The van der Waals surface area contributed by atoms with Gasteiger partial charge in [0.05, 0.1) is 0 Å². The number of nitrogens with one attached hydrogen (secondary N) is 1. The van der Waals surface area contributed by atoms with Crippen LogP contribution in [0.2, 0.25) is 5.02 Å². The lowest BCUT2D eigenvalue weighted by Gasteiger charge is -2.31. The molecule has 0 bridgehead atoms. The van der Waals surface area contributed by atoms with Gasteiger partial charge in [-0.1, -0.05) is 49.7 Å². The maximum absolute atomic E-state index is 13.2. The molecule has 5 nitrogen and oxygen atoms in total. The Morgan fingerprint density at radius 3 is 2.35 bits per heavy atom. The number of ether oxygens (including phenoxy) is 1. The zero-order valence-electron chi connectivity index (χ0n) is 19.1. The molecule has 31 heavy (non-hydrogen) atoms. The first-order valence-electron chi connectivity index (χ1n) is 10.8. The predicted molar refractivity (Wildman–Crippen MR) is 125 cm³/mol. The second-order valence-electron chi connectivity index (χ2n) is 7.95. The number of hydrogen-bond acceptors (Lipinski definition) is 3. The first kappa shape index (κ1) is 24.7. The van der Waals surface area contributed by atoms with Crippen LogP contribution in [0.15, 0.2) is 42.5 Å². The Kier molecular flexibility index (Phi) is 9.38. The minimum absolute atomic E-state index is 0.0419. The van der Waals surface area contributed by atoms with Crippen molar-refractivity contribution < 1.29 is 14.3 Å². The van der Waals surface area contributed by atoms with Crippen molar-refractivity contribution >= 4 is 23.4 Å². The third kappa shape index (κ3) is 7.28. The number of rotatable bonds is 10. The summed E-state index contributed by atoms with van der Waals surface area (Å²) in [6.45, 7) is 9.98. The van der Waals surface area contributed by atoms with Crippen LogP contribution in [0.4, 0.5) is 0 Å². The summed E-state index contributed by atoms with van der Waals surface area (Å²) >= 11 is 6.00. The average molecular weight is 445 g/mol. The molecule has 0 saturated heterocycles. The summed E-state index contributed by atoms with van der Waals surface area (Å²) in [6, 6.07) is 12.6. The van der Waals surface area contributed by atoms with Crippen molar-refractivity contribution in [1.82, 2.24) is 10.2 Å². The Balaban J connectivity index is 2.23. The van der Waals surface area contributed by atoms with E-state index in [2.05, 4.69) is 5.32 Å². The summed E-state index contributed by atoms with van der Waals surface area (Å²) in [7, 11) is 0. The van der Waals surface area contributed by atoms with E-state index >= 15 is 0 Å². The SMILES string of the molecule is CC[C@@H](C)NC(=O)[C@@H](CC)N(Cc1ccc(Cl)cc1)C(=O)COc1cc(C)ccc1C. The molecule has 0 heterocycles. The fourth-order valence-electron chi connectivity index (χ4n) is 3.23. The van der Waals surface area contributed by atoms with Gasteiger partial charge in [-0.3, -0.25) is 9.59 Å². The van der Waals surface area contributed by atoms with Gasteiger partial charge in [0.2, 0.25) is 5.91 Å². The lowest BCUT2D eigenvalue weighted by atomic mass is 10.1. The monoisotopic (exact) mass is 444 g/mol. The zero-order chi connectivity index (χ0) is 23.0. The van der Waals surface area contributed by atoms with Crippen molar-refractivity contribution in [1.29, 1.82) is 0 Å². The van der Waals surface area contributed by atoms with Gasteiger partial charge in [-0.05, 0) is 68.5 Å². The maximum Gasteiger partial charge on any atom is 0.261 e. The molecule has 0 spiro atoms. The number of aryl methyl sites for hydroxylation is 2. The fraction of sp³-hybridized carbons (Fsp3) is 0.440. The molecule has 0 fully saturated rings. The summed E-state index contributed by atoms with van der Waals surface area (Å²) in [5.41, 5.74) is 2.92. The molecule has 0 radical (unpaired) electrons.